The SMILES string of the molecule is Cn1ncc(Nc2ncc3c(n2)N(c2cccc(N=S(C)(C)=O)n2)[C@@H]2CC(C)(C)OC[C@]32C)n1. The monoisotopic (exact) mass is 483 g/mol. The van der Waals surface area contributed by atoms with Crippen molar-refractivity contribution in [3.63, 3.8) is 0 Å². The maximum atomic E-state index is 12.3. The van der Waals surface area contributed by atoms with Gasteiger partial charge in [0.05, 0.1) is 24.4 Å². The number of aryl methyl sites for hydroxylation is 1. The summed E-state index contributed by atoms with van der Waals surface area (Å²) in [6, 6.07) is 5.62. The number of nitrogens with zero attached hydrogens (tertiary/aromatic N) is 8. The molecule has 0 bridgehead atoms. The molecule has 5 rings (SSSR count). The summed E-state index contributed by atoms with van der Waals surface area (Å²) in [7, 11) is -0.599. The zero-order valence-electron chi connectivity index (χ0n) is 20.2. The van der Waals surface area contributed by atoms with Gasteiger partial charge >= 0.3 is 0 Å². The summed E-state index contributed by atoms with van der Waals surface area (Å²) in [5, 5.41) is 11.5. The molecule has 0 saturated carbocycles. The Bertz CT molecular complexity index is 1370. The molecule has 1 fully saturated rings. The van der Waals surface area contributed by atoms with E-state index in [0.717, 1.165) is 17.8 Å². The summed E-state index contributed by atoms with van der Waals surface area (Å²) in [5.74, 6) is 2.86. The van der Waals surface area contributed by atoms with Gasteiger partial charge in [0.2, 0.25) is 5.95 Å². The van der Waals surface area contributed by atoms with E-state index in [-0.39, 0.29) is 17.1 Å². The zero-order chi connectivity index (χ0) is 24.3. The lowest BCUT2D eigenvalue weighted by atomic mass is 9.73. The maximum Gasteiger partial charge on any atom is 0.230 e. The third-order valence-corrected chi connectivity index (χ3v) is 6.85. The van der Waals surface area contributed by atoms with E-state index in [4.69, 9.17) is 14.7 Å². The summed E-state index contributed by atoms with van der Waals surface area (Å²) in [5.41, 5.74) is 0.367. The minimum atomic E-state index is -2.35. The van der Waals surface area contributed by atoms with Crippen LogP contribution in [0.4, 0.5) is 29.2 Å². The van der Waals surface area contributed by atoms with E-state index in [1.54, 1.807) is 31.8 Å². The first-order valence-corrected chi connectivity index (χ1v) is 13.3. The van der Waals surface area contributed by atoms with Crippen LogP contribution >= 0.6 is 0 Å². The first-order valence-electron chi connectivity index (χ1n) is 11.0. The van der Waals surface area contributed by atoms with Crippen LogP contribution in [-0.4, -0.2) is 64.9 Å². The Morgan fingerprint density at radius 2 is 2.00 bits per heavy atom. The van der Waals surface area contributed by atoms with Crippen LogP contribution in [0.2, 0.25) is 0 Å². The van der Waals surface area contributed by atoms with Gasteiger partial charge in [-0.05, 0) is 32.4 Å². The average molecular weight is 484 g/mol. The van der Waals surface area contributed by atoms with Crippen LogP contribution in [0.15, 0.2) is 35.0 Å². The summed E-state index contributed by atoms with van der Waals surface area (Å²) < 4.78 is 22.8. The Hall–Kier alpha value is -3.12. The quantitative estimate of drug-likeness (QED) is 0.596. The number of fused-ring (bicyclic) bond motifs is 3. The number of hydrogen-bond acceptors (Lipinski definition) is 10. The lowest BCUT2D eigenvalue weighted by Crippen LogP contribution is -2.54. The minimum absolute atomic E-state index is 0.0441. The van der Waals surface area contributed by atoms with Gasteiger partial charge in [-0.15, -0.1) is 5.10 Å². The van der Waals surface area contributed by atoms with Crippen LogP contribution in [0.25, 0.3) is 0 Å². The van der Waals surface area contributed by atoms with Gasteiger partial charge in [0, 0.05) is 46.5 Å². The highest BCUT2D eigenvalue weighted by Crippen LogP contribution is 2.53. The smallest absolute Gasteiger partial charge is 0.230 e. The summed E-state index contributed by atoms with van der Waals surface area (Å²) >= 11 is 0. The number of pyridine rings is 1. The second kappa shape index (κ2) is 7.70. The molecular weight excluding hydrogens is 454 g/mol. The Morgan fingerprint density at radius 3 is 2.71 bits per heavy atom. The largest absolute Gasteiger partial charge is 0.374 e. The second-order valence-electron chi connectivity index (χ2n) is 9.96. The van der Waals surface area contributed by atoms with Gasteiger partial charge in [-0.25, -0.2) is 14.2 Å². The van der Waals surface area contributed by atoms with Crippen LogP contribution in [0.5, 0.6) is 0 Å². The molecule has 180 valence electrons. The normalized spacial score (nSPS) is 23.4. The second-order valence-corrected chi connectivity index (χ2v) is 12.5. The van der Waals surface area contributed by atoms with E-state index >= 15 is 0 Å². The molecule has 0 spiro atoms. The van der Waals surface area contributed by atoms with Crippen LogP contribution in [0.3, 0.4) is 0 Å². The van der Waals surface area contributed by atoms with Gasteiger partial charge in [0.15, 0.2) is 11.6 Å². The maximum absolute atomic E-state index is 12.3. The molecule has 2 aliphatic heterocycles. The number of hydrogen-bond donors (Lipinski definition) is 1. The molecule has 2 aliphatic rings. The van der Waals surface area contributed by atoms with Crippen molar-refractivity contribution in [2.75, 3.05) is 29.3 Å². The molecule has 12 heteroatoms. The van der Waals surface area contributed by atoms with E-state index in [9.17, 15) is 4.21 Å². The highest BCUT2D eigenvalue weighted by Gasteiger charge is 2.55. The standard InChI is InChI=1S/C22H29N9O2S/c1-21(2)10-15-22(3,13-33-21)14-11-23-20(26-17-12-24-30(4)28-17)27-19(14)31(15)18-9-7-8-16(25-18)29-34(5,6)32/h7-9,11-12,15H,10,13H2,1-6H3,(H,23,26,27,28)/t15-,22-/m1/s1. The number of nitrogens with one attached hydrogen (secondary N) is 1. The highest BCUT2D eigenvalue weighted by molar-refractivity contribution is 7.92. The topological polar surface area (TPSA) is 123 Å². The Labute approximate surface area is 199 Å². The van der Waals surface area contributed by atoms with E-state index < -0.39 is 9.73 Å². The van der Waals surface area contributed by atoms with E-state index in [0.29, 0.717) is 30.0 Å². The molecular formula is C22H29N9O2S. The van der Waals surface area contributed by atoms with Gasteiger partial charge in [-0.2, -0.15) is 19.2 Å². The number of ether oxygens (including phenoxy) is 1. The van der Waals surface area contributed by atoms with Crippen molar-refractivity contribution in [3.05, 3.63) is 36.2 Å². The van der Waals surface area contributed by atoms with Crippen molar-refractivity contribution < 1.29 is 8.95 Å². The van der Waals surface area contributed by atoms with Crippen molar-refractivity contribution in [2.45, 2.75) is 44.2 Å². The highest BCUT2D eigenvalue weighted by atomic mass is 32.2. The van der Waals surface area contributed by atoms with Crippen LogP contribution in [0, 0.1) is 0 Å². The fourth-order valence-corrected chi connectivity index (χ4v) is 5.15. The predicted octanol–water partition coefficient (Wildman–Crippen LogP) is 3.08. The van der Waals surface area contributed by atoms with Crippen molar-refractivity contribution in [3.8, 4) is 0 Å². The van der Waals surface area contributed by atoms with Gasteiger partial charge in [0.25, 0.3) is 0 Å². The average Bonchev–Trinajstić information content (AvgIpc) is 3.24. The van der Waals surface area contributed by atoms with Crippen LogP contribution < -0.4 is 10.2 Å². The van der Waals surface area contributed by atoms with Crippen LogP contribution in [0.1, 0.15) is 32.8 Å². The molecule has 0 aliphatic carbocycles. The zero-order valence-corrected chi connectivity index (χ0v) is 21.0. The Kier molecular flexibility index (Phi) is 5.13. The molecule has 34 heavy (non-hydrogen) atoms. The first-order chi connectivity index (χ1) is 15.9. The molecule has 5 heterocycles. The third-order valence-electron chi connectivity index (χ3n) is 6.23. The number of rotatable bonds is 4. The molecule has 0 radical (unpaired) electrons. The molecule has 2 atom stereocenters. The lowest BCUT2D eigenvalue weighted by Gasteiger charge is -2.46. The third kappa shape index (κ3) is 4.11. The van der Waals surface area contributed by atoms with Gasteiger partial charge in [-0.3, -0.25) is 0 Å². The fraction of sp³-hybridized carbons (Fsp3) is 0.500. The van der Waals surface area contributed by atoms with Crippen molar-refractivity contribution in [2.24, 2.45) is 11.4 Å². The molecule has 0 unspecified atom stereocenters. The summed E-state index contributed by atoms with van der Waals surface area (Å²) in [6.45, 7) is 6.92. The molecule has 11 nitrogen and oxygen atoms in total. The van der Waals surface area contributed by atoms with Crippen molar-refractivity contribution in [1.82, 2.24) is 29.9 Å². The molecule has 1 saturated heterocycles. The van der Waals surface area contributed by atoms with Gasteiger partial charge in [-0.1, -0.05) is 13.0 Å². The fourth-order valence-electron chi connectivity index (χ4n) is 4.60. The van der Waals surface area contributed by atoms with Crippen LogP contribution in [-0.2, 0) is 26.9 Å². The van der Waals surface area contributed by atoms with E-state index in [2.05, 4.69) is 50.5 Å². The summed E-state index contributed by atoms with van der Waals surface area (Å²) in [4.78, 5) is 17.8. The van der Waals surface area contributed by atoms with Gasteiger partial charge in [0.1, 0.15) is 11.6 Å². The molecule has 3 aromatic heterocycles. The Morgan fingerprint density at radius 1 is 1.21 bits per heavy atom. The van der Waals surface area contributed by atoms with E-state index in [1.807, 2.05) is 18.3 Å². The Balaban J connectivity index is 1.63. The number of aromatic nitrogens is 6. The lowest BCUT2D eigenvalue weighted by molar-refractivity contribution is -0.0893. The predicted molar refractivity (Wildman–Crippen MR) is 131 cm³/mol. The molecule has 3 aromatic rings. The van der Waals surface area contributed by atoms with Crippen molar-refractivity contribution in [1.29, 1.82) is 0 Å². The van der Waals surface area contributed by atoms with Gasteiger partial charge < -0.3 is 15.0 Å². The summed E-state index contributed by atoms with van der Waals surface area (Å²) in [6.07, 6.45) is 7.44. The minimum Gasteiger partial charge on any atom is -0.374 e. The first kappa shape index (κ1) is 22.7. The number of anilines is 4. The van der Waals surface area contributed by atoms with Crippen molar-refractivity contribution >= 4 is 38.9 Å². The molecule has 0 aromatic carbocycles. The molecule has 0 amide bonds. The molecule has 1 N–H and O–H groups in total. The van der Waals surface area contributed by atoms with E-state index in [1.165, 1.54) is 4.80 Å².